The van der Waals surface area contributed by atoms with Gasteiger partial charge in [0.05, 0.1) is 11.8 Å². The summed E-state index contributed by atoms with van der Waals surface area (Å²) in [6, 6.07) is 0.922. The lowest BCUT2D eigenvalue weighted by atomic mass is 9.83. The van der Waals surface area contributed by atoms with Crippen LogP contribution in [0.2, 0.25) is 0 Å². The number of amides is 1. The molecule has 27 heavy (non-hydrogen) atoms. The zero-order chi connectivity index (χ0) is 19.2. The minimum Gasteiger partial charge on any atom is -0.385 e. The van der Waals surface area contributed by atoms with Gasteiger partial charge in [-0.3, -0.25) is 9.48 Å². The second-order valence-electron chi connectivity index (χ2n) is 8.40. The van der Waals surface area contributed by atoms with E-state index in [4.69, 9.17) is 4.74 Å². The van der Waals surface area contributed by atoms with Crippen LogP contribution in [0.15, 0.2) is 12.4 Å². The average Bonchev–Trinajstić information content (AvgIpc) is 3.17. The SMILES string of the molecule is COCCCN(CC1CCCN2CCCCC12)C(=O)c1cnn(C(C)C)c1. The number of hydrogen-bond donors (Lipinski definition) is 0. The molecule has 6 heteroatoms. The van der Waals surface area contributed by atoms with Crippen LogP contribution < -0.4 is 0 Å². The summed E-state index contributed by atoms with van der Waals surface area (Å²) in [5, 5.41) is 4.36. The number of fused-ring (bicyclic) bond motifs is 1. The van der Waals surface area contributed by atoms with Crippen LogP contribution in [-0.4, -0.2) is 71.4 Å². The Morgan fingerprint density at radius 1 is 1.30 bits per heavy atom. The molecule has 1 aromatic rings. The van der Waals surface area contributed by atoms with Crippen molar-refractivity contribution in [3.8, 4) is 0 Å². The third-order valence-electron chi connectivity index (χ3n) is 6.12. The van der Waals surface area contributed by atoms with E-state index in [1.807, 2.05) is 10.9 Å². The number of carbonyl (C=O) groups is 1. The molecule has 152 valence electrons. The minimum atomic E-state index is 0.117. The van der Waals surface area contributed by atoms with Gasteiger partial charge in [0.1, 0.15) is 0 Å². The van der Waals surface area contributed by atoms with E-state index in [0.29, 0.717) is 24.1 Å². The standard InChI is InChI=1S/C21H36N4O2/c1-17(2)25-16-19(14-22-25)21(26)24(12-7-13-27-3)15-18-8-6-11-23-10-5-4-9-20(18)23/h14,16-18,20H,4-13,15H2,1-3H3. The fourth-order valence-corrected chi connectivity index (χ4v) is 4.66. The molecule has 2 aliphatic rings. The number of ether oxygens (including phenoxy) is 1. The molecule has 0 aliphatic carbocycles. The molecular formula is C21H36N4O2. The molecule has 2 aliphatic heterocycles. The topological polar surface area (TPSA) is 50.6 Å². The maximum Gasteiger partial charge on any atom is 0.257 e. The number of methoxy groups -OCH3 is 1. The van der Waals surface area contributed by atoms with Crippen molar-refractivity contribution in [2.24, 2.45) is 5.92 Å². The average molecular weight is 377 g/mol. The van der Waals surface area contributed by atoms with Crippen molar-refractivity contribution in [3.05, 3.63) is 18.0 Å². The Labute approximate surface area is 163 Å². The highest BCUT2D eigenvalue weighted by Gasteiger charge is 2.34. The molecular weight excluding hydrogens is 340 g/mol. The first-order valence-corrected chi connectivity index (χ1v) is 10.7. The third-order valence-corrected chi connectivity index (χ3v) is 6.12. The summed E-state index contributed by atoms with van der Waals surface area (Å²) in [4.78, 5) is 18.0. The fraction of sp³-hybridized carbons (Fsp3) is 0.810. The summed E-state index contributed by atoms with van der Waals surface area (Å²) >= 11 is 0. The van der Waals surface area contributed by atoms with E-state index in [1.54, 1.807) is 13.3 Å². The number of nitrogens with zero attached hydrogens (tertiary/aromatic N) is 4. The lowest BCUT2D eigenvalue weighted by Gasteiger charge is -2.45. The number of carbonyl (C=O) groups excluding carboxylic acids is 1. The van der Waals surface area contributed by atoms with Crippen molar-refractivity contribution in [1.82, 2.24) is 19.6 Å². The molecule has 1 aromatic heterocycles. The van der Waals surface area contributed by atoms with Crippen LogP contribution in [0, 0.1) is 5.92 Å². The molecule has 0 radical (unpaired) electrons. The van der Waals surface area contributed by atoms with Crippen molar-refractivity contribution in [1.29, 1.82) is 0 Å². The van der Waals surface area contributed by atoms with E-state index in [2.05, 4.69) is 28.7 Å². The highest BCUT2D eigenvalue weighted by atomic mass is 16.5. The quantitative estimate of drug-likeness (QED) is 0.654. The van der Waals surface area contributed by atoms with Crippen LogP contribution in [0.4, 0.5) is 0 Å². The maximum absolute atomic E-state index is 13.2. The minimum absolute atomic E-state index is 0.117. The molecule has 0 bridgehead atoms. The predicted octanol–water partition coefficient (Wildman–Crippen LogP) is 3.21. The fourth-order valence-electron chi connectivity index (χ4n) is 4.66. The van der Waals surface area contributed by atoms with Gasteiger partial charge in [0, 0.05) is 45.1 Å². The summed E-state index contributed by atoms with van der Waals surface area (Å²) < 4.78 is 7.09. The molecule has 2 saturated heterocycles. The number of rotatable bonds is 8. The Bertz CT molecular complexity index is 599. The van der Waals surface area contributed by atoms with Crippen molar-refractivity contribution in [2.75, 3.05) is 39.9 Å². The van der Waals surface area contributed by atoms with Gasteiger partial charge in [0.15, 0.2) is 0 Å². The van der Waals surface area contributed by atoms with Crippen LogP contribution in [0.25, 0.3) is 0 Å². The smallest absolute Gasteiger partial charge is 0.257 e. The van der Waals surface area contributed by atoms with Crippen LogP contribution in [0.3, 0.4) is 0 Å². The number of piperidine rings is 2. The van der Waals surface area contributed by atoms with Crippen LogP contribution in [-0.2, 0) is 4.74 Å². The van der Waals surface area contributed by atoms with Gasteiger partial charge in [-0.1, -0.05) is 6.42 Å². The summed E-state index contributed by atoms with van der Waals surface area (Å²) in [7, 11) is 1.72. The molecule has 2 fully saturated rings. The van der Waals surface area contributed by atoms with Gasteiger partial charge in [-0.25, -0.2) is 0 Å². The molecule has 6 nitrogen and oxygen atoms in total. The van der Waals surface area contributed by atoms with Gasteiger partial charge in [-0.05, 0) is 65.0 Å². The van der Waals surface area contributed by atoms with Gasteiger partial charge < -0.3 is 14.5 Å². The number of aromatic nitrogens is 2. The van der Waals surface area contributed by atoms with Crippen LogP contribution >= 0.6 is 0 Å². The second kappa shape index (κ2) is 9.69. The van der Waals surface area contributed by atoms with E-state index >= 15 is 0 Å². The van der Waals surface area contributed by atoms with Gasteiger partial charge in [-0.2, -0.15) is 5.10 Å². The largest absolute Gasteiger partial charge is 0.385 e. The first-order chi connectivity index (χ1) is 13.1. The second-order valence-corrected chi connectivity index (χ2v) is 8.40. The van der Waals surface area contributed by atoms with Gasteiger partial charge in [0.25, 0.3) is 5.91 Å². The number of hydrogen-bond acceptors (Lipinski definition) is 4. The van der Waals surface area contributed by atoms with Gasteiger partial charge in [-0.15, -0.1) is 0 Å². The van der Waals surface area contributed by atoms with E-state index in [1.165, 1.54) is 45.2 Å². The molecule has 0 spiro atoms. The first-order valence-electron chi connectivity index (χ1n) is 10.7. The third kappa shape index (κ3) is 5.11. The lowest BCUT2D eigenvalue weighted by molar-refractivity contribution is 0.0347. The Kier molecular flexibility index (Phi) is 7.30. The monoisotopic (exact) mass is 376 g/mol. The summed E-state index contributed by atoms with van der Waals surface area (Å²) in [6.45, 7) is 8.93. The summed E-state index contributed by atoms with van der Waals surface area (Å²) in [5.41, 5.74) is 0.706. The molecule has 3 rings (SSSR count). The molecule has 0 aromatic carbocycles. The predicted molar refractivity (Wildman–Crippen MR) is 107 cm³/mol. The van der Waals surface area contributed by atoms with Crippen molar-refractivity contribution in [3.63, 3.8) is 0 Å². The molecule has 1 amide bonds. The lowest BCUT2D eigenvalue weighted by Crippen LogP contribution is -2.51. The Morgan fingerprint density at radius 3 is 2.85 bits per heavy atom. The normalized spacial score (nSPS) is 23.4. The van der Waals surface area contributed by atoms with Crippen LogP contribution in [0.1, 0.15) is 68.8 Å². The van der Waals surface area contributed by atoms with Crippen molar-refractivity contribution in [2.45, 2.75) is 64.5 Å². The highest BCUT2D eigenvalue weighted by Crippen LogP contribution is 2.31. The Hall–Kier alpha value is -1.40. The Morgan fingerprint density at radius 2 is 2.11 bits per heavy atom. The van der Waals surface area contributed by atoms with Crippen molar-refractivity contribution >= 4 is 5.91 Å². The highest BCUT2D eigenvalue weighted by molar-refractivity contribution is 5.93. The molecule has 2 unspecified atom stereocenters. The zero-order valence-electron chi connectivity index (χ0n) is 17.3. The molecule has 3 heterocycles. The van der Waals surface area contributed by atoms with E-state index in [-0.39, 0.29) is 11.9 Å². The molecule has 2 atom stereocenters. The van der Waals surface area contributed by atoms with E-state index in [9.17, 15) is 4.79 Å². The van der Waals surface area contributed by atoms with Crippen LogP contribution in [0.5, 0.6) is 0 Å². The van der Waals surface area contributed by atoms with E-state index in [0.717, 1.165) is 19.5 Å². The maximum atomic E-state index is 13.2. The van der Waals surface area contributed by atoms with Gasteiger partial charge >= 0.3 is 0 Å². The van der Waals surface area contributed by atoms with Gasteiger partial charge in [0.2, 0.25) is 0 Å². The van der Waals surface area contributed by atoms with Crippen molar-refractivity contribution < 1.29 is 9.53 Å². The summed E-state index contributed by atoms with van der Waals surface area (Å²) in [5.74, 6) is 0.705. The first kappa shape index (κ1) is 20.3. The molecule has 0 N–H and O–H groups in total. The molecule has 0 saturated carbocycles. The Balaban J connectivity index is 1.70. The zero-order valence-corrected chi connectivity index (χ0v) is 17.3. The van der Waals surface area contributed by atoms with E-state index < -0.39 is 0 Å². The summed E-state index contributed by atoms with van der Waals surface area (Å²) in [6.07, 6.45) is 10.9.